The Morgan fingerprint density at radius 2 is 2.05 bits per heavy atom. The maximum absolute atomic E-state index is 12.2. The van der Waals surface area contributed by atoms with E-state index in [0.717, 1.165) is 25.9 Å². The molecule has 1 aliphatic rings. The molecule has 6 nitrogen and oxygen atoms in total. The minimum atomic E-state index is -0.859. The summed E-state index contributed by atoms with van der Waals surface area (Å²) in [4.78, 5) is 24.5. The number of nitrogens with zero attached hydrogens (tertiary/aromatic N) is 3. The Morgan fingerprint density at radius 3 is 2.63 bits per heavy atom. The lowest BCUT2D eigenvalue weighted by atomic mass is 10.1. The summed E-state index contributed by atoms with van der Waals surface area (Å²) in [6.07, 6.45) is 6.50. The molecule has 0 aromatic carbocycles. The summed E-state index contributed by atoms with van der Waals surface area (Å²) in [6, 6.07) is 1.70. The van der Waals surface area contributed by atoms with Gasteiger partial charge < -0.3 is 10.0 Å². The zero-order valence-electron chi connectivity index (χ0n) is 10.8. The summed E-state index contributed by atoms with van der Waals surface area (Å²) in [5, 5.41) is 12.7. The van der Waals surface area contributed by atoms with E-state index < -0.39 is 5.97 Å². The van der Waals surface area contributed by atoms with Crippen LogP contribution in [0.1, 0.15) is 36.0 Å². The van der Waals surface area contributed by atoms with E-state index in [9.17, 15) is 9.59 Å². The van der Waals surface area contributed by atoms with Crippen LogP contribution in [0.4, 0.5) is 0 Å². The number of hydrogen-bond acceptors (Lipinski definition) is 3. The number of carbonyl (C=O) groups excluding carboxylic acids is 1. The Morgan fingerprint density at radius 1 is 1.32 bits per heavy atom. The minimum Gasteiger partial charge on any atom is -0.481 e. The number of carboxylic acids is 1. The molecule has 102 valence electrons. The molecular formula is C13H18N3O3+. The van der Waals surface area contributed by atoms with Crippen LogP contribution < -0.4 is 4.68 Å². The number of likely N-dealkylation sites (tertiary alicyclic amines) is 1. The molecule has 2 heterocycles. The second kappa shape index (κ2) is 6.26. The van der Waals surface area contributed by atoms with E-state index in [1.54, 1.807) is 12.3 Å². The number of aromatic nitrogens is 2. The second-order valence-electron chi connectivity index (χ2n) is 4.68. The number of carbonyl (C=O) groups is 2. The molecule has 0 radical (unpaired) electrons. The first-order valence-corrected chi connectivity index (χ1v) is 6.53. The Balaban J connectivity index is 1.97. The number of rotatable bonds is 4. The molecule has 1 aromatic heterocycles. The van der Waals surface area contributed by atoms with Gasteiger partial charge in [0, 0.05) is 19.2 Å². The fraction of sp³-hybridized carbons (Fsp3) is 0.538. The summed E-state index contributed by atoms with van der Waals surface area (Å²) in [7, 11) is 0. The van der Waals surface area contributed by atoms with Crippen LogP contribution in [0.2, 0.25) is 0 Å². The van der Waals surface area contributed by atoms with Gasteiger partial charge >= 0.3 is 5.97 Å². The normalized spacial score (nSPS) is 15.3. The monoisotopic (exact) mass is 264 g/mol. The molecule has 0 aliphatic carbocycles. The molecular weight excluding hydrogens is 246 g/mol. The van der Waals surface area contributed by atoms with Crippen molar-refractivity contribution in [1.82, 2.24) is 10.00 Å². The average molecular weight is 264 g/mol. The van der Waals surface area contributed by atoms with E-state index in [2.05, 4.69) is 5.10 Å². The number of piperidine rings is 1. The molecule has 6 heteroatoms. The van der Waals surface area contributed by atoms with Crippen LogP contribution >= 0.6 is 0 Å². The van der Waals surface area contributed by atoms with Crippen molar-refractivity contribution < 1.29 is 19.4 Å². The van der Waals surface area contributed by atoms with E-state index in [1.165, 1.54) is 17.3 Å². The molecule has 0 atom stereocenters. The number of aliphatic carboxylic acids is 1. The average Bonchev–Trinajstić information content (AvgIpc) is 2.46. The summed E-state index contributed by atoms with van der Waals surface area (Å²) in [5.41, 5.74) is 0.563. The predicted octanol–water partition coefficient (Wildman–Crippen LogP) is 0.470. The predicted molar refractivity (Wildman–Crippen MR) is 66.4 cm³/mol. The Hall–Kier alpha value is -1.98. The van der Waals surface area contributed by atoms with Gasteiger partial charge in [-0.2, -0.15) is 0 Å². The van der Waals surface area contributed by atoms with Crippen LogP contribution in [-0.2, 0) is 11.3 Å². The Kier molecular flexibility index (Phi) is 4.43. The topological polar surface area (TPSA) is 74.4 Å². The third-order valence-corrected chi connectivity index (χ3v) is 3.22. The van der Waals surface area contributed by atoms with Crippen molar-refractivity contribution in [2.24, 2.45) is 0 Å². The van der Waals surface area contributed by atoms with Crippen molar-refractivity contribution in [1.29, 1.82) is 0 Å². The smallest absolute Gasteiger partial charge is 0.309 e. The molecule has 2 rings (SSSR count). The lowest BCUT2D eigenvalue weighted by molar-refractivity contribution is -0.753. The van der Waals surface area contributed by atoms with Crippen LogP contribution in [0.15, 0.2) is 18.5 Å². The quantitative estimate of drug-likeness (QED) is 0.802. The van der Waals surface area contributed by atoms with Crippen molar-refractivity contribution in [2.75, 3.05) is 13.1 Å². The highest BCUT2D eigenvalue weighted by molar-refractivity contribution is 5.93. The maximum Gasteiger partial charge on any atom is 0.309 e. The summed E-state index contributed by atoms with van der Waals surface area (Å²) >= 11 is 0. The zero-order chi connectivity index (χ0) is 13.7. The largest absolute Gasteiger partial charge is 0.481 e. The molecule has 1 aliphatic heterocycles. The first-order valence-electron chi connectivity index (χ1n) is 6.53. The summed E-state index contributed by atoms with van der Waals surface area (Å²) in [6.45, 7) is 1.94. The van der Waals surface area contributed by atoms with Gasteiger partial charge in [0.05, 0.1) is 5.56 Å². The van der Waals surface area contributed by atoms with Gasteiger partial charge in [-0.25, -0.2) is 0 Å². The maximum atomic E-state index is 12.2. The highest BCUT2D eigenvalue weighted by atomic mass is 16.4. The Labute approximate surface area is 111 Å². The molecule has 1 saturated heterocycles. The fourth-order valence-corrected chi connectivity index (χ4v) is 2.13. The first kappa shape index (κ1) is 13.5. The van der Waals surface area contributed by atoms with Crippen LogP contribution in [0.25, 0.3) is 0 Å². The number of amides is 1. The van der Waals surface area contributed by atoms with E-state index in [1.807, 2.05) is 4.90 Å². The van der Waals surface area contributed by atoms with E-state index in [-0.39, 0.29) is 12.3 Å². The highest BCUT2D eigenvalue weighted by Crippen LogP contribution is 2.11. The van der Waals surface area contributed by atoms with Gasteiger partial charge in [-0.15, -0.1) is 0 Å². The van der Waals surface area contributed by atoms with Gasteiger partial charge in [0.15, 0.2) is 12.7 Å². The number of hydrogen-bond donors (Lipinski definition) is 1. The van der Waals surface area contributed by atoms with Crippen LogP contribution in [-0.4, -0.2) is 40.1 Å². The van der Waals surface area contributed by atoms with E-state index >= 15 is 0 Å². The zero-order valence-corrected chi connectivity index (χ0v) is 10.8. The molecule has 0 spiro atoms. The van der Waals surface area contributed by atoms with E-state index in [4.69, 9.17) is 5.11 Å². The third kappa shape index (κ3) is 3.74. The molecule has 1 fully saturated rings. The highest BCUT2D eigenvalue weighted by Gasteiger charge is 2.19. The van der Waals surface area contributed by atoms with Crippen LogP contribution in [0.5, 0.6) is 0 Å². The van der Waals surface area contributed by atoms with Crippen molar-refractivity contribution in [2.45, 2.75) is 32.2 Å². The Bertz CT molecular complexity index is 453. The van der Waals surface area contributed by atoms with Crippen molar-refractivity contribution in [3.05, 3.63) is 24.0 Å². The second-order valence-corrected chi connectivity index (χ2v) is 4.68. The van der Waals surface area contributed by atoms with E-state index in [0.29, 0.717) is 12.1 Å². The van der Waals surface area contributed by atoms with Gasteiger partial charge in [0.25, 0.3) is 5.91 Å². The molecule has 1 aromatic rings. The van der Waals surface area contributed by atoms with Gasteiger partial charge in [0.2, 0.25) is 0 Å². The lowest BCUT2D eigenvalue weighted by Crippen LogP contribution is -2.40. The van der Waals surface area contributed by atoms with Crippen LogP contribution in [0.3, 0.4) is 0 Å². The van der Waals surface area contributed by atoms with Gasteiger partial charge in [-0.1, -0.05) is 4.68 Å². The van der Waals surface area contributed by atoms with Gasteiger partial charge in [0.1, 0.15) is 12.6 Å². The molecule has 1 amide bonds. The number of aryl methyl sites for hydroxylation is 1. The molecule has 0 bridgehead atoms. The van der Waals surface area contributed by atoms with Crippen molar-refractivity contribution in [3.8, 4) is 0 Å². The van der Waals surface area contributed by atoms with Gasteiger partial charge in [-0.05, 0) is 24.4 Å². The van der Waals surface area contributed by atoms with Crippen molar-refractivity contribution in [3.63, 3.8) is 0 Å². The van der Waals surface area contributed by atoms with Crippen LogP contribution in [0, 0.1) is 0 Å². The summed E-state index contributed by atoms with van der Waals surface area (Å²) in [5.74, 6) is -0.847. The SMILES string of the molecule is O=C(O)CC[n+]1ccc(C(=O)N2CCCCC2)cn1. The molecule has 19 heavy (non-hydrogen) atoms. The third-order valence-electron chi connectivity index (χ3n) is 3.22. The number of carboxylic acid groups (broad SMARTS) is 1. The molecule has 1 N–H and O–H groups in total. The summed E-state index contributed by atoms with van der Waals surface area (Å²) < 4.78 is 1.53. The standard InChI is InChI=1S/C13H17N3O3/c17-12(18)5-9-16-8-4-11(10-14-16)13(19)15-6-2-1-3-7-15/h4,8,10H,1-3,5-7,9H2/p+1. The van der Waals surface area contributed by atoms with Crippen molar-refractivity contribution >= 4 is 11.9 Å². The van der Waals surface area contributed by atoms with Gasteiger partial charge in [-0.3, -0.25) is 9.59 Å². The first-order chi connectivity index (χ1) is 9.16. The molecule has 0 saturated carbocycles. The fourth-order valence-electron chi connectivity index (χ4n) is 2.13. The lowest BCUT2D eigenvalue weighted by Gasteiger charge is -2.26. The molecule has 0 unspecified atom stereocenters. The minimum absolute atomic E-state index is 0.0117.